The molecule has 22 heavy (non-hydrogen) atoms. The van der Waals surface area contributed by atoms with E-state index in [1.54, 1.807) is 0 Å². The Bertz CT molecular complexity index is 610. The smallest absolute Gasteiger partial charge is 0.0698 e. The normalized spacial score (nSPS) is 12.2. The van der Waals surface area contributed by atoms with Gasteiger partial charge in [0.15, 0.2) is 0 Å². The highest BCUT2D eigenvalue weighted by atomic mass is 14.8. The van der Waals surface area contributed by atoms with Gasteiger partial charge >= 0.3 is 0 Å². The summed E-state index contributed by atoms with van der Waals surface area (Å²) in [6.45, 7) is 11.1. The third-order valence-electron chi connectivity index (χ3n) is 3.95. The zero-order chi connectivity index (χ0) is 16.1. The average Bonchev–Trinajstić information content (AvgIpc) is 2.47. The largest absolute Gasteiger partial charge is 0.257 e. The van der Waals surface area contributed by atoms with Gasteiger partial charge in [-0.2, -0.15) is 0 Å². The van der Waals surface area contributed by atoms with Gasteiger partial charge in [-0.3, -0.25) is 4.99 Å². The van der Waals surface area contributed by atoms with Crippen molar-refractivity contribution in [1.29, 1.82) is 0 Å². The van der Waals surface area contributed by atoms with Gasteiger partial charge in [-0.25, -0.2) is 0 Å². The van der Waals surface area contributed by atoms with Gasteiger partial charge in [0.25, 0.3) is 0 Å². The van der Waals surface area contributed by atoms with Crippen molar-refractivity contribution < 1.29 is 0 Å². The van der Waals surface area contributed by atoms with Gasteiger partial charge in [0.1, 0.15) is 0 Å². The summed E-state index contributed by atoms with van der Waals surface area (Å²) in [5.41, 5.74) is 6.36. The Kier molecular flexibility index (Phi) is 5.54. The van der Waals surface area contributed by atoms with Crippen molar-refractivity contribution in [3.8, 4) is 0 Å². The molecular formula is C21H27N. The summed E-state index contributed by atoms with van der Waals surface area (Å²) in [5, 5.41) is 0. The third kappa shape index (κ3) is 4.07. The van der Waals surface area contributed by atoms with E-state index in [1.165, 1.54) is 28.1 Å². The predicted molar refractivity (Wildman–Crippen MR) is 97.5 cm³/mol. The van der Waals surface area contributed by atoms with Crippen molar-refractivity contribution in [2.24, 2.45) is 4.99 Å². The van der Waals surface area contributed by atoms with E-state index in [4.69, 9.17) is 4.99 Å². The molecule has 0 spiro atoms. The van der Waals surface area contributed by atoms with Crippen LogP contribution in [0.4, 0.5) is 5.69 Å². The minimum atomic E-state index is 0.488. The predicted octanol–water partition coefficient (Wildman–Crippen LogP) is 6.27. The molecule has 0 unspecified atom stereocenters. The van der Waals surface area contributed by atoms with Gasteiger partial charge in [-0.1, -0.05) is 76.2 Å². The first-order valence-electron chi connectivity index (χ1n) is 8.20. The minimum Gasteiger partial charge on any atom is -0.257 e. The Labute approximate surface area is 135 Å². The lowest BCUT2D eigenvalue weighted by molar-refractivity contribution is 0.834. The summed E-state index contributed by atoms with van der Waals surface area (Å²) in [6.07, 6.45) is 0.908. The number of aliphatic imine (C=N–C) groups is 1. The summed E-state index contributed by atoms with van der Waals surface area (Å²) in [5.74, 6) is 0.976. The molecule has 2 aromatic rings. The Morgan fingerprint density at radius 2 is 1.36 bits per heavy atom. The van der Waals surface area contributed by atoms with Crippen LogP contribution in [-0.4, -0.2) is 5.71 Å². The van der Waals surface area contributed by atoms with E-state index >= 15 is 0 Å². The van der Waals surface area contributed by atoms with Crippen LogP contribution in [0.5, 0.6) is 0 Å². The van der Waals surface area contributed by atoms with Gasteiger partial charge in [-0.15, -0.1) is 0 Å². The van der Waals surface area contributed by atoms with Gasteiger partial charge in [-0.05, 0) is 35.4 Å². The average molecular weight is 293 g/mol. The maximum absolute atomic E-state index is 5.01. The van der Waals surface area contributed by atoms with Crippen LogP contribution in [0.3, 0.4) is 0 Å². The molecule has 0 radical (unpaired) electrons. The zero-order valence-corrected chi connectivity index (χ0v) is 14.4. The first kappa shape index (κ1) is 16.5. The maximum atomic E-state index is 5.01. The molecular weight excluding hydrogens is 266 g/mol. The van der Waals surface area contributed by atoms with Crippen LogP contribution in [0.25, 0.3) is 0 Å². The number of benzene rings is 2. The summed E-state index contributed by atoms with van der Waals surface area (Å²) in [4.78, 5) is 5.01. The first-order valence-corrected chi connectivity index (χ1v) is 8.20. The molecule has 1 heteroatoms. The maximum Gasteiger partial charge on any atom is 0.0698 e. The highest BCUT2D eigenvalue weighted by Gasteiger charge is 2.13. The molecule has 116 valence electrons. The first-order chi connectivity index (χ1) is 10.5. The van der Waals surface area contributed by atoms with Crippen molar-refractivity contribution in [3.05, 3.63) is 65.2 Å². The number of para-hydroxylation sites is 1. The molecule has 0 aliphatic rings. The zero-order valence-electron chi connectivity index (χ0n) is 14.4. The van der Waals surface area contributed by atoms with E-state index in [9.17, 15) is 0 Å². The second kappa shape index (κ2) is 7.40. The summed E-state index contributed by atoms with van der Waals surface area (Å²) in [7, 11) is 0. The molecule has 0 saturated carbocycles. The molecule has 1 nitrogen and oxygen atoms in total. The lowest BCUT2D eigenvalue weighted by Gasteiger charge is -2.17. The van der Waals surface area contributed by atoms with E-state index in [2.05, 4.69) is 83.1 Å². The van der Waals surface area contributed by atoms with Crippen LogP contribution in [0.2, 0.25) is 0 Å². The fraction of sp³-hybridized carbons (Fsp3) is 0.381. The van der Waals surface area contributed by atoms with E-state index in [0.29, 0.717) is 11.8 Å². The molecule has 0 aromatic heterocycles. The van der Waals surface area contributed by atoms with E-state index in [-0.39, 0.29) is 0 Å². The quantitative estimate of drug-likeness (QED) is 0.576. The van der Waals surface area contributed by atoms with E-state index in [0.717, 1.165) is 6.42 Å². The molecule has 0 bridgehead atoms. The molecule has 0 aliphatic carbocycles. The molecule has 0 N–H and O–H groups in total. The van der Waals surface area contributed by atoms with E-state index in [1.807, 2.05) is 0 Å². The summed E-state index contributed by atoms with van der Waals surface area (Å²) in [6, 6.07) is 17.1. The van der Waals surface area contributed by atoms with Crippen LogP contribution >= 0.6 is 0 Å². The highest BCUT2D eigenvalue weighted by Crippen LogP contribution is 2.34. The third-order valence-corrected chi connectivity index (χ3v) is 3.95. The molecule has 2 rings (SSSR count). The molecule has 0 heterocycles. The molecule has 0 saturated heterocycles. The monoisotopic (exact) mass is 293 g/mol. The Morgan fingerprint density at radius 1 is 0.818 bits per heavy atom. The molecule has 0 fully saturated rings. The number of nitrogens with zero attached hydrogens (tertiary/aromatic N) is 1. The number of hydrogen-bond donors (Lipinski definition) is 0. The van der Waals surface area contributed by atoms with Crippen molar-refractivity contribution in [2.45, 2.75) is 52.9 Å². The van der Waals surface area contributed by atoms with E-state index < -0.39 is 0 Å². The Hall–Kier alpha value is -1.89. The molecule has 0 aliphatic heterocycles. The molecule has 2 aromatic carbocycles. The molecule has 0 atom stereocenters. The van der Waals surface area contributed by atoms with Crippen LogP contribution in [0, 0.1) is 0 Å². The summed E-state index contributed by atoms with van der Waals surface area (Å²) >= 11 is 0. The molecule has 0 amide bonds. The minimum absolute atomic E-state index is 0.488. The number of hydrogen-bond acceptors (Lipinski definition) is 1. The van der Waals surface area contributed by atoms with Gasteiger partial charge in [0.2, 0.25) is 0 Å². The second-order valence-corrected chi connectivity index (χ2v) is 6.60. The van der Waals surface area contributed by atoms with Crippen LogP contribution in [-0.2, 0) is 6.42 Å². The number of rotatable bonds is 5. The van der Waals surface area contributed by atoms with Crippen molar-refractivity contribution in [1.82, 2.24) is 0 Å². The topological polar surface area (TPSA) is 12.4 Å². The van der Waals surface area contributed by atoms with Crippen LogP contribution in [0.15, 0.2) is 53.5 Å². The van der Waals surface area contributed by atoms with Crippen molar-refractivity contribution in [2.75, 3.05) is 0 Å². The highest BCUT2D eigenvalue weighted by molar-refractivity contribution is 5.87. The fourth-order valence-electron chi connectivity index (χ4n) is 2.76. The Balaban J connectivity index is 2.40. The van der Waals surface area contributed by atoms with Crippen molar-refractivity contribution in [3.63, 3.8) is 0 Å². The lowest BCUT2D eigenvalue weighted by Crippen LogP contribution is -2.00. The fourth-order valence-corrected chi connectivity index (χ4v) is 2.76. The second-order valence-electron chi connectivity index (χ2n) is 6.60. The van der Waals surface area contributed by atoms with Crippen molar-refractivity contribution >= 4 is 11.4 Å². The SMILES string of the molecule is CC(Cc1ccccc1)=Nc1c(C(C)C)cccc1C(C)C. The lowest BCUT2D eigenvalue weighted by atomic mass is 9.93. The standard InChI is InChI=1S/C21H27N/c1-15(2)19-12-9-13-20(16(3)4)21(19)22-17(5)14-18-10-7-6-8-11-18/h6-13,15-16H,14H2,1-5H3. The van der Waals surface area contributed by atoms with Crippen LogP contribution < -0.4 is 0 Å². The Morgan fingerprint density at radius 3 is 1.86 bits per heavy atom. The van der Waals surface area contributed by atoms with Crippen LogP contribution in [0.1, 0.15) is 63.1 Å². The van der Waals surface area contributed by atoms with Gasteiger partial charge in [0.05, 0.1) is 5.69 Å². The van der Waals surface area contributed by atoms with Gasteiger partial charge < -0.3 is 0 Å². The van der Waals surface area contributed by atoms with Gasteiger partial charge in [0, 0.05) is 12.1 Å². The summed E-state index contributed by atoms with van der Waals surface area (Å²) < 4.78 is 0.